The van der Waals surface area contributed by atoms with Gasteiger partial charge in [0.15, 0.2) is 10.4 Å². The summed E-state index contributed by atoms with van der Waals surface area (Å²) in [7, 11) is 1.99. The molecule has 0 atom stereocenters. The molecule has 0 aliphatic carbocycles. The minimum absolute atomic E-state index is 0.801. The third-order valence-corrected chi connectivity index (χ3v) is 4.11. The molecule has 2 heterocycles. The molecule has 0 radical (unpaired) electrons. The summed E-state index contributed by atoms with van der Waals surface area (Å²) in [4.78, 5) is 5.77. The number of aryl methyl sites for hydroxylation is 2. The molecule has 0 unspecified atom stereocenters. The van der Waals surface area contributed by atoms with Crippen LogP contribution in [-0.4, -0.2) is 43.9 Å². The summed E-state index contributed by atoms with van der Waals surface area (Å²) in [5, 5.41) is 4.56. The second kappa shape index (κ2) is 6.54. The maximum atomic E-state index is 5.47. The monoisotopic (exact) mass is 295 g/mol. The first-order valence-corrected chi connectivity index (χ1v) is 7.89. The lowest BCUT2D eigenvalue weighted by Gasteiger charge is -2.19. The highest BCUT2D eigenvalue weighted by atomic mass is 32.1. The van der Waals surface area contributed by atoms with Crippen LogP contribution in [0, 0.1) is 4.77 Å². The van der Waals surface area contributed by atoms with Crippen molar-refractivity contribution in [2.75, 3.05) is 19.6 Å². The zero-order valence-electron chi connectivity index (χ0n) is 12.9. The molecule has 0 saturated carbocycles. The quantitative estimate of drug-likeness (QED) is 0.799. The molecule has 2 aromatic heterocycles. The molecule has 0 saturated heterocycles. The van der Waals surface area contributed by atoms with E-state index in [1.165, 1.54) is 6.42 Å². The zero-order valence-corrected chi connectivity index (χ0v) is 13.8. The van der Waals surface area contributed by atoms with Crippen LogP contribution in [0.3, 0.4) is 0 Å². The van der Waals surface area contributed by atoms with Gasteiger partial charge in [0.1, 0.15) is 5.52 Å². The Morgan fingerprint density at radius 2 is 2.00 bits per heavy atom. The summed E-state index contributed by atoms with van der Waals surface area (Å²) in [6.45, 7) is 10.7. The van der Waals surface area contributed by atoms with Gasteiger partial charge in [-0.2, -0.15) is 5.10 Å². The van der Waals surface area contributed by atoms with Crippen LogP contribution in [0.5, 0.6) is 0 Å². The van der Waals surface area contributed by atoms with Gasteiger partial charge in [-0.05, 0) is 38.1 Å². The van der Waals surface area contributed by atoms with Gasteiger partial charge in [-0.1, -0.05) is 20.8 Å². The highest BCUT2D eigenvalue weighted by Gasteiger charge is 2.14. The van der Waals surface area contributed by atoms with Crippen LogP contribution in [0.15, 0.2) is 0 Å². The van der Waals surface area contributed by atoms with Gasteiger partial charge in [0.05, 0.1) is 5.69 Å². The molecule has 1 N–H and O–H groups in total. The molecular formula is C14H25N5S. The third-order valence-electron chi connectivity index (χ3n) is 3.78. The number of nitrogens with zero attached hydrogens (tertiary/aromatic N) is 4. The molecule has 0 aromatic carbocycles. The number of imidazole rings is 1. The fourth-order valence-corrected chi connectivity index (χ4v) is 3.00. The Hall–Kier alpha value is -1.14. The molecule has 0 bridgehead atoms. The standard InChI is InChI=1S/C14H25N5S/c1-5-8-18(7-3)9-10-19-13-12(15-14(19)20)11(6-2)16-17(13)4/h5-10H2,1-4H3,(H,15,20). The van der Waals surface area contributed by atoms with Crippen LogP contribution in [-0.2, 0) is 20.0 Å². The molecule has 0 aliphatic rings. The van der Waals surface area contributed by atoms with Crippen molar-refractivity contribution in [3.63, 3.8) is 0 Å². The predicted molar refractivity (Wildman–Crippen MR) is 85.7 cm³/mol. The normalized spacial score (nSPS) is 11.8. The molecule has 0 aliphatic heterocycles. The van der Waals surface area contributed by atoms with Crippen molar-refractivity contribution < 1.29 is 0 Å². The first-order chi connectivity index (χ1) is 9.62. The van der Waals surface area contributed by atoms with Gasteiger partial charge in [-0.15, -0.1) is 0 Å². The van der Waals surface area contributed by atoms with E-state index in [0.29, 0.717) is 0 Å². The maximum absolute atomic E-state index is 5.47. The number of aromatic amines is 1. The lowest BCUT2D eigenvalue weighted by Crippen LogP contribution is -2.28. The first-order valence-electron chi connectivity index (χ1n) is 7.49. The Labute approximate surface area is 125 Å². The van der Waals surface area contributed by atoms with Gasteiger partial charge in [-0.25, -0.2) is 0 Å². The van der Waals surface area contributed by atoms with Crippen molar-refractivity contribution >= 4 is 23.4 Å². The van der Waals surface area contributed by atoms with E-state index in [2.05, 4.69) is 40.3 Å². The van der Waals surface area contributed by atoms with E-state index in [0.717, 1.165) is 54.2 Å². The van der Waals surface area contributed by atoms with E-state index in [9.17, 15) is 0 Å². The van der Waals surface area contributed by atoms with Crippen LogP contribution < -0.4 is 0 Å². The lowest BCUT2D eigenvalue weighted by atomic mass is 10.3. The number of rotatable bonds is 7. The summed E-state index contributed by atoms with van der Waals surface area (Å²) in [6, 6.07) is 0. The number of likely N-dealkylation sites (N-methyl/N-ethyl adjacent to an activating group) is 1. The molecular weight excluding hydrogens is 270 g/mol. The van der Waals surface area contributed by atoms with Gasteiger partial charge in [0, 0.05) is 20.1 Å². The first kappa shape index (κ1) is 15.3. The maximum Gasteiger partial charge on any atom is 0.179 e. The summed E-state index contributed by atoms with van der Waals surface area (Å²) in [5.74, 6) is 0. The second-order valence-electron chi connectivity index (χ2n) is 5.14. The number of fused-ring (bicyclic) bond motifs is 1. The Bertz CT molecular complexity index is 621. The number of hydrogen-bond acceptors (Lipinski definition) is 3. The molecule has 2 rings (SSSR count). The van der Waals surface area contributed by atoms with Crippen molar-refractivity contribution in [3.05, 3.63) is 10.5 Å². The van der Waals surface area contributed by atoms with E-state index in [-0.39, 0.29) is 0 Å². The molecule has 2 aromatic rings. The molecule has 0 amide bonds. The molecule has 6 heteroatoms. The van der Waals surface area contributed by atoms with Gasteiger partial charge in [0.2, 0.25) is 0 Å². The van der Waals surface area contributed by atoms with Crippen molar-refractivity contribution in [1.82, 2.24) is 24.2 Å². The highest BCUT2D eigenvalue weighted by molar-refractivity contribution is 7.71. The van der Waals surface area contributed by atoms with Crippen LogP contribution >= 0.6 is 12.2 Å². The molecule has 20 heavy (non-hydrogen) atoms. The average molecular weight is 295 g/mol. The minimum atomic E-state index is 0.801. The third kappa shape index (κ3) is 2.81. The van der Waals surface area contributed by atoms with E-state index in [1.54, 1.807) is 0 Å². The Morgan fingerprint density at radius 1 is 1.25 bits per heavy atom. The molecule has 0 fully saturated rings. The Balaban J connectivity index is 2.28. The van der Waals surface area contributed by atoms with Crippen LogP contribution in [0.4, 0.5) is 0 Å². The smallest absolute Gasteiger partial charge is 0.179 e. The van der Waals surface area contributed by atoms with Gasteiger partial charge in [-0.3, -0.25) is 4.68 Å². The van der Waals surface area contributed by atoms with E-state index >= 15 is 0 Å². The summed E-state index contributed by atoms with van der Waals surface area (Å²) in [6.07, 6.45) is 2.11. The van der Waals surface area contributed by atoms with Gasteiger partial charge in [0.25, 0.3) is 0 Å². The zero-order chi connectivity index (χ0) is 14.7. The van der Waals surface area contributed by atoms with Crippen LogP contribution in [0.25, 0.3) is 11.2 Å². The number of aromatic nitrogens is 4. The highest BCUT2D eigenvalue weighted by Crippen LogP contribution is 2.18. The predicted octanol–water partition coefficient (Wildman–Crippen LogP) is 2.73. The van der Waals surface area contributed by atoms with E-state index in [4.69, 9.17) is 12.2 Å². The number of H-pyrrole nitrogens is 1. The summed E-state index contributed by atoms with van der Waals surface area (Å²) in [5.41, 5.74) is 3.30. The van der Waals surface area contributed by atoms with E-state index < -0.39 is 0 Å². The fraction of sp³-hybridized carbons (Fsp3) is 0.714. The Kier molecular flexibility index (Phi) is 4.99. The van der Waals surface area contributed by atoms with Crippen LogP contribution in [0.1, 0.15) is 32.9 Å². The van der Waals surface area contributed by atoms with Crippen molar-refractivity contribution in [3.8, 4) is 0 Å². The topological polar surface area (TPSA) is 41.8 Å². The van der Waals surface area contributed by atoms with E-state index in [1.807, 2.05) is 11.7 Å². The second-order valence-corrected chi connectivity index (χ2v) is 5.53. The largest absolute Gasteiger partial charge is 0.328 e. The number of hydrogen-bond donors (Lipinski definition) is 1. The lowest BCUT2D eigenvalue weighted by molar-refractivity contribution is 0.277. The SMILES string of the molecule is CCCN(CC)CCn1c(=S)[nH]c2c(CC)nn(C)c21. The summed E-state index contributed by atoms with van der Waals surface area (Å²) < 4.78 is 4.92. The van der Waals surface area contributed by atoms with Crippen molar-refractivity contribution in [1.29, 1.82) is 0 Å². The van der Waals surface area contributed by atoms with Crippen molar-refractivity contribution in [2.45, 2.75) is 40.2 Å². The van der Waals surface area contributed by atoms with Crippen LogP contribution in [0.2, 0.25) is 0 Å². The van der Waals surface area contributed by atoms with Gasteiger partial charge >= 0.3 is 0 Å². The van der Waals surface area contributed by atoms with Gasteiger partial charge < -0.3 is 14.5 Å². The fourth-order valence-electron chi connectivity index (χ4n) is 2.72. The Morgan fingerprint density at radius 3 is 2.60 bits per heavy atom. The van der Waals surface area contributed by atoms with Crippen molar-refractivity contribution in [2.24, 2.45) is 7.05 Å². The molecule has 0 spiro atoms. The number of nitrogens with one attached hydrogen (secondary N) is 1. The minimum Gasteiger partial charge on any atom is -0.328 e. The average Bonchev–Trinajstić information content (AvgIpc) is 2.92. The summed E-state index contributed by atoms with van der Waals surface area (Å²) >= 11 is 5.47. The molecule has 112 valence electrons. The molecule has 5 nitrogen and oxygen atoms in total.